The van der Waals surface area contributed by atoms with Crippen LogP contribution < -0.4 is 0 Å². The molecule has 0 N–H and O–H groups in total. The van der Waals surface area contributed by atoms with Crippen LogP contribution in [0.15, 0.2) is 0 Å². The summed E-state index contributed by atoms with van der Waals surface area (Å²) in [6.45, 7) is 26.2. The van der Waals surface area contributed by atoms with Gasteiger partial charge in [-0.2, -0.15) is 0 Å². The van der Waals surface area contributed by atoms with Gasteiger partial charge in [0, 0.05) is 12.0 Å². The van der Waals surface area contributed by atoms with Crippen LogP contribution in [0.3, 0.4) is 0 Å². The summed E-state index contributed by atoms with van der Waals surface area (Å²) in [5.74, 6) is 3.79. The molecule has 0 amide bonds. The molecule has 10 unspecified atom stereocenters. The largest absolute Gasteiger partial charge is 0.379 e. The number of rotatable bonds is 10. The summed E-state index contributed by atoms with van der Waals surface area (Å²) >= 11 is 0. The molecule has 4 aliphatic carbocycles. The van der Waals surface area contributed by atoms with Crippen molar-refractivity contribution >= 4 is 0 Å². The highest BCUT2D eigenvalue weighted by Gasteiger charge is 2.66. The Hall–Kier alpha value is -0.160. The zero-order valence-electron chi connectivity index (χ0n) is 26.8. The lowest BCUT2D eigenvalue weighted by Gasteiger charge is -2.65. The van der Waals surface area contributed by atoms with Crippen LogP contribution in [0.5, 0.6) is 0 Å². The molecule has 38 heavy (non-hydrogen) atoms. The number of hydrogen-bond donors (Lipinski definition) is 0. The molecule has 0 heterocycles. The maximum Gasteiger partial charge on any atom is 0.0640 e. The Balaban J connectivity index is 1.69. The minimum Gasteiger partial charge on any atom is -0.379 e. The third-order valence-corrected chi connectivity index (χ3v) is 11.5. The van der Waals surface area contributed by atoms with Gasteiger partial charge in [0.2, 0.25) is 0 Å². The first-order valence-electron chi connectivity index (χ1n) is 16.3. The Labute approximate surface area is 235 Å². The number of ether oxygens (including phenoxy) is 4. The first-order valence-corrected chi connectivity index (χ1v) is 16.3. The SMILES string of the molecule is CC(C)OC[C@@H](C)C1CCC2C3C(OC(C)C)CC4CC(OC(C)C)CCC4(C)C3CC(OC(C)C)C21C. The van der Waals surface area contributed by atoms with E-state index < -0.39 is 0 Å². The van der Waals surface area contributed by atoms with Gasteiger partial charge in [-0.25, -0.2) is 0 Å². The first-order chi connectivity index (χ1) is 17.8. The third-order valence-electron chi connectivity index (χ3n) is 11.5. The van der Waals surface area contributed by atoms with Gasteiger partial charge in [-0.3, -0.25) is 0 Å². The molecule has 4 heteroatoms. The highest BCUT2D eigenvalue weighted by molar-refractivity contribution is 5.15. The Kier molecular flexibility index (Phi) is 9.71. The van der Waals surface area contributed by atoms with Crippen molar-refractivity contribution in [2.24, 2.45) is 46.3 Å². The van der Waals surface area contributed by atoms with Gasteiger partial charge in [0.25, 0.3) is 0 Å². The maximum absolute atomic E-state index is 6.97. The zero-order chi connectivity index (χ0) is 28.0. The Morgan fingerprint density at radius 1 is 0.684 bits per heavy atom. The van der Waals surface area contributed by atoms with Crippen LogP contribution in [-0.2, 0) is 18.9 Å². The lowest BCUT2D eigenvalue weighted by Crippen LogP contribution is -2.63. The maximum atomic E-state index is 6.97. The number of hydrogen-bond acceptors (Lipinski definition) is 4. The smallest absolute Gasteiger partial charge is 0.0640 e. The average Bonchev–Trinajstić information content (AvgIpc) is 3.16. The molecule has 11 atom stereocenters. The Morgan fingerprint density at radius 2 is 1.34 bits per heavy atom. The Morgan fingerprint density at radius 3 is 1.95 bits per heavy atom. The highest BCUT2D eigenvalue weighted by Crippen LogP contribution is 2.69. The van der Waals surface area contributed by atoms with E-state index in [0.29, 0.717) is 65.3 Å². The van der Waals surface area contributed by atoms with Crippen LogP contribution in [0.1, 0.15) is 121 Å². The molecule has 0 bridgehead atoms. The predicted octanol–water partition coefficient (Wildman–Crippen LogP) is 8.31. The van der Waals surface area contributed by atoms with Gasteiger partial charge in [0.05, 0.1) is 42.7 Å². The summed E-state index contributed by atoms with van der Waals surface area (Å²) < 4.78 is 26.5. The average molecular weight is 535 g/mol. The molecule has 0 aromatic heterocycles. The summed E-state index contributed by atoms with van der Waals surface area (Å²) in [5, 5.41) is 0. The number of fused-ring (bicyclic) bond motifs is 5. The molecule has 0 radical (unpaired) electrons. The second-order valence-electron chi connectivity index (χ2n) is 15.4. The van der Waals surface area contributed by atoms with E-state index in [0.717, 1.165) is 6.61 Å². The van der Waals surface area contributed by atoms with Gasteiger partial charge in [0.15, 0.2) is 0 Å². The van der Waals surface area contributed by atoms with Crippen molar-refractivity contribution in [2.75, 3.05) is 6.61 Å². The van der Waals surface area contributed by atoms with Crippen molar-refractivity contribution in [3.8, 4) is 0 Å². The molecule has 0 aromatic rings. The summed E-state index contributed by atoms with van der Waals surface area (Å²) in [5.41, 5.74) is 0.521. The second kappa shape index (κ2) is 12.0. The van der Waals surface area contributed by atoms with E-state index in [1.165, 1.54) is 44.9 Å². The minimum absolute atomic E-state index is 0.172. The molecular formula is C34H62O4. The molecule has 0 spiro atoms. The minimum atomic E-state index is 0.172. The third kappa shape index (κ3) is 5.90. The van der Waals surface area contributed by atoms with Gasteiger partial charge < -0.3 is 18.9 Å². The fourth-order valence-electron chi connectivity index (χ4n) is 10.1. The summed E-state index contributed by atoms with van der Waals surface area (Å²) in [4.78, 5) is 0. The molecule has 0 saturated heterocycles. The second-order valence-corrected chi connectivity index (χ2v) is 15.4. The molecule has 0 aromatic carbocycles. The molecule has 4 aliphatic rings. The van der Waals surface area contributed by atoms with E-state index >= 15 is 0 Å². The zero-order valence-corrected chi connectivity index (χ0v) is 26.8. The predicted molar refractivity (Wildman–Crippen MR) is 156 cm³/mol. The molecule has 222 valence electrons. The van der Waals surface area contributed by atoms with E-state index in [1.807, 2.05) is 0 Å². The summed E-state index contributed by atoms with van der Waals surface area (Å²) in [6.07, 6.45) is 10.8. The fraction of sp³-hybridized carbons (Fsp3) is 1.00. The molecule has 4 rings (SSSR count). The van der Waals surface area contributed by atoms with Crippen LogP contribution in [-0.4, -0.2) is 49.3 Å². The van der Waals surface area contributed by atoms with Gasteiger partial charge in [-0.15, -0.1) is 0 Å². The monoisotopic (exact) mass is 534 g/mol. The first kappa shape index (κ1) is 30.8. The van der Waals surface area contributed by atoms with E-state index in [9.17, 15) is 0 Å². The van der Waals surface area contributed by atoms with Crippen molar-refractivity contribution in [1.29, 1.82) is 0 Å². The normalized spacial score (nSPS) is 44.0. The van der Waals surface area contributed by atoms with Crippen LogP contribution in [0, 0.1) is 46.3 Å². The molecule has 4 nitrogen and oxygen atoms in total. The van der Waals surface area contributed by atoms with E-state index in [1.54, 1.807) is 0 Å². The van der Waals surface area contributed by atoms with E-state index in [-0.39, 0.29) is 23.7 Å². The van der Waals surface area contributed by atoms with Crippen LogP contribution in [0.2, 0.25) is 0 Å². The molecular weight excluding hydrogens is 472 g/mol. The van der Waals surface area contributed by atoms with Crippen molar-refractivity contribution in [1.82, 2.24) is 0 Å². The molecule has 4 saturated carbocycles. The topological polar surface area (TPSA) is 36.9 Å². The van der Waals surface area contributed by atoms with Crippen molar-refractivity contribution < 1.29 is 18.9 Å². The van der Waals surface area contributed by atoms with Crippen molar-refractivity contribution in [3.63, 3.8) is 0 Å². The molecule has 4 fully saturated rings. The molecule has 0 aliphatic heterocycles. The lowest BCUT2D eigenvalue weighted by atomic mass is 9.43. The van der Waals surface area contributed by atoms with Crippen LogP contribution in [0.4, 0.5) is 0 Å². The standard InChI is InChI=1S/C34H62O4/c1-20(2)35-19-24(9)27-12-13-28-32-29(18-31(34(27,28)11)38-23(7)8)33(10)15-14-26(36-21(3)4)16-25(33)17-30(32)37-22(5)6/h20-32H,12-19H2,1-11H3/t24-,25?,26?,27?,28?,29?,30?,31?,32?,33?,34?/m1/s1. The Bertz CT molecular complexity index is 764. The van der Waals surface area contributed by atoms with Crippen molar-refractivity contribution in [3.05, 3.63) is 0 Å². The van der Waals surface area contributed by atoms with Crippen LogP contribution >= 0.6 is 0 Å². The lowest BCUT2D eigenvalue weighted by molar-refractivity contribution is -0.238. The van der Waals surface area contributed by atoms with Crippen molar-refractivity contribution in [2.45, 2.75) is 164 Å². The van der Waals surface area contributed by atoms with Gasteiger partial charge in [0.1, 0.15) is 0 Å². The highest BCUT2D eigenvalue weighted by atomic mass is 16.5. The van der Waals surface area contributed by atoms with E-state index in [2.05, 4.69) is 76.2 Å². The van der Waals surface area contributed by atoms with Gasteiger partial charge in [-0.05, 0) is 141 Å². The summed E-state index contributed by atoms with van der Waals surface area (Å²) in [6, 6.07) is 0. The van der Waals surface area contributed by atoms with E-state index in [4.69, 9.17) is 18.9 Å². The van der Waals surface area contributed by atoms with Crippen LogP contribution in [0.25, 0.3) is 0 Å². The van der Waals surface area contributed by atoms with Gasteiger partial charge in [-0.1, -0.05) is 20.8 Å². The fourth-order valence-corrected chi connectivity index (χ4v) is 10.1. The summed E-state index contributed by atoms with van der Waals surface area (Å²) in [7, 11) is 0. The quantitative estimate of drug-likeness (QED) is 0.282. The van der Waals surface area contributed by atoms with Gasteiger partial charge >= 0.3 is 0 Å².